The van der Waals surface area contributed by atoms with E-state index < -0.39 is 89.6 Å². The first-order chi connectivity index (χ1) is 29.5. The number of likely N-dealkylation sites (N-methyl/N-ethyl adjacent to an activating group) is 1. The third-order valence-corrected chi connectivity index (χ3v) is 11.8. The first kappa shape index (κ1) is 48.7. The minimum atomic E-state index is -1.22. The second kappa shape index (κ2) is 23.3. The molecule has 1 saturated heterocycles. The largest absolute Gasteiger partial charge is 0.480 e. The van der Waals surface area contributed by atoms with Crippen molar-refractivity contribution in [2.24, 2.45) is 17.8 Å². The quantitative estimate of drug-likeness (QED) is 0.126. The van der Waals surface area contributed by atoms with Gasteiger partial charge in [0.2, 0.25) is 29.5 Å². The van der Waals surface area contributed by atoms with Gasteiger partial charge in [-0.05, 0) is 60.6 Å². The Labute approximate surface area is 364 Å². The number of benzene rings is 2. The van der Waals surface area contributed by atoms with Gasteiger partial charge in [0, 0.05) is 43.5 Å². The van der Waals surface area contributed by atoms with E-state index in [0.29, 0.717) is 25.7 Å². The molecule has 4 rings (SSSR count). The van der Waals surface area contributed by atoms with Crippen molar-refractivity contribution >= 4 is 52.4 Å². The van der Waals surface area contributed by atoms with Crippen LogP contribution in [0.2, 0.25) is 0 Å². The number of H-pyrrole nitrogens is 1. The van der Waals surface area contributed by atoms with Crippen molar-refractivity contribution < 1.29 is 38.7 Å². The van der Waals surface area contributed by atoms with Gasteiger partial charge in [0.1, 0.15) is 36.3 Å². The average Bonchev–Trinajstić information content (AvgIpc) is 3.66. The summed E-state index contributed by atoms with van der Waals surface area (Å²) in [5, 5.41) is 27.4. The van der Waals surface area contributed by atoms with Crippen LogP contribution in [0.5, 0.6) is 0 Å². The van der Waals surface area contributed by atoms with Gasteiger partial charge in [-0.2, -0.15) is 0 Å². The number of carbonyl (C=O) groups excluding carboxylic acids is 6. The number of nitrogens with zero attached hydrogens (tertiary/aromatic N) is 1. The molecule has 0 saturated carbocycles. The maximum atomic E-state index is 14.7. The number of urea groups is 1. The smallest absolute Gasteiger partial charge is 0.326 e. The standard InChI is InChI=1S/C46H66N8O8/c1-8-28(5)38-43(58)50-36(23-27(3)4)44(59)54(7)37(25-31-26-48-33-20-14-13-19-32(31)33)42(57)49-35(24-30-17-11-10-12-18-30)40(55)47-22-16-15-21-34(41(56)52-38)51-46(62)53-39(45(60)61)29(6)9-2/h10-14,17-20,26-29,34-39,48H,8-9,15-16,21-25H2,1-7H3,(H,47,55)(H,49,57)(H,50,58)(H,52,56)(H,60,61)(H2,51,53,62)/t28-,29-,34?,35?,36-,37-,38?,39?/m0/s1. The van der Waals surface area contributed by atoms with Crippen LogP contribution in [0.3, 0.4) is 0 Å². The van der Waals surface area contributed by atoms with Crippen LogP contribution in [0.1, 0.15) is 91.2 Å². The number of aromatic amines is 1. The van der Waals surface area contributed by atoms with Crippen LogP contribution in [0, 0.1) is 17.8 Å². The van der Waals surface area contributed by atoms with Gasteiger partial charge >= 0.3 is 12.0 Å². The lowest BCUT2D eigenvalue weighted by molar-refractivity contribution is -0.143. The summed E-state index contributed by atoms with van der Waals surface area (Å²) in [6.07, 6.45) is 4.03. The minimum Gasteiger partial charge on any atom is -0.480 e. The minimum absolute atomic E-state index is 0.0760. The van der Waals surface area contributed by atoms with Gasteiger partial charge < -0.3 is 46.9 Å². The molecule has 4 unspecified atom stereocenters. The van der Waals surface area contributed by atoms with Gasteiger partial charge in [-0.25, -0.2) is 9.59 Å². The highest BCUT2D eigenvalue weighted by molar-refractivity contribution is 5.97. The van der Waals surface area contributed by atoms with Crippen molar-refractivity contribution in [3.05, 3.63) is 71.9 Å². The SMILES string of the molecule is CC[C@H](C)C(NC(=O)NC1CCCCNC(=O)C(Cc2ccccc2)NC(=O)[C@H](Cc2c[nH]c3ccccc23)N(C)C(=O)[C@H](CC(C)C)NC(=O)C([C@@H](C)CC)NC1=O)C(=O)O. The summed E-state index contributed by atoms with van der Waals surface area (Å²) in [6.45, 7) is 11.1. The third-order valence-electron chi connectivity index (χ3n) is 11.8. The molecule has 3 aromatic rings. The highest BCUT2D eigenvalue weighted by atomic mass is 16.4. The van der Waals surface area contributed by atoms with E-state index in [4.69, 9.17) is 0 Å². The molecular weight excluding hydrogens is 793 g/mol. The maximum Gasteiger partial charge on any atom is 0.326 e. The molecule has 8 atom stereocenters. The number of nitrogens with one attached hydrogen (secondary N) is 7. The first-order valence-corrected chi connectivity index (χ1v) is 21.9. The summed E-state index contributed by atoms with van der Waals surface area (Å²) < 4.78 is 0. The van der Waals surface area contributed by atoms with Crippen molar-refractivity contribution in [2.75, 3.05) is 13.6 Å². The number of aromatic nitrogens is 1. The fourth-order valence-corrected chi connectivity index (χ4v) is 7.65. The number of hydrogen-bond acceptors (Lipinski definition) is 7. The van der Waals surface area contributed by atoms with Crippen molar-refractivity contribution in [2.45, 2.75) is 129 Å². The van der Waals surface area contributed by atoms with Gasteiger partial charge in [0.25, 0.3) is 0 Å². The molecule has 338 valence electrons. The molecule has 0 bridgehead atoms. The van der Waals surface area contributed by atoms with E-state index in [1.54, 1.807) is 27.0 Å². The number of hydrogen-bond donors (Lipinski definition) is 8. The zero-order chi connectivity index (χ0) is 45.5. The Bertz CT molecular complexity index is 2000. The Hall–Kier alpha value is -5.93. The highest BCUT2D eigenvalue weighted by Gasteiger charge is 2.38. The van der Waals surface area contributed by atoms with E-state index in [2.05, 4.69) is 36.9 Å². The lowest BCUT2D eigenvalue weighted by Gasteiger charge is -2.33. The molecule has 0 spiro atoms. The second-order valence-corrected chi connectivity index (χ2v) is 17.0. The Morgan fingerprint density at radius 3 is 2.15 bits per heavy atom. The fourth-order valence-electron chi connectivity index (χ4n) is 7.65. The summed E-state index contributed by atoms with van der Waals surface area (Å²) >= 11 is 0. The van der Waals surface area contributed by atoms with Crippen LogP contribution in [-0.2, 0) is 41.6 Å². The lowest BCUT2D eigenvalue weighted by Crippen LogP contribution is -2.61. The first-order valence-electron chi connectivity index (χ1n) is 21.9. The molecular formula is C46H66N8O8. The Kier molecular flexibility index (Phi) is 18.3. The predicted molar refractivity (Wildman–Crippen MR) is 237 cm³/mol. The monoisotopic (exact) mass is 859 g/mol. The van der Waals surface area contributed by atoms with E-state index >= 15 is 0 Å². The molecule has 1 aromatic heterocycles. The van der Waals surface area contributed by atoms with E-state index in [1.165, 1.54) is 11.9 Å². The zero-order valence-electron chi connectivity index (χ0n) is 37.1. The number of fused-ring (bicyclic) bond motifs is 1. The topological polar surface area (TPSA) is 231 Å². The molecule has 0 radical (unpaired) electrons. The zero-order valence-corrected chi connectivity index (χ0v) is 37.1. The normalized spacial score (nSPS) is 22.8. The number of carbonyl (C=O) groups is 7. The summed E-state index contributed by atoms with van der Waals surface area (Å²) in [6, 6.07) is 9.25. The van der Waals surface area contributed by atoms with Gasteiger partial charge in [0.05, 0.1) is 0 Å². The number of amides is 7. The summed E-state index contributed by atoms with van der Waals surface area (Å²) in [5.41, 5.74) is 2.43. The molecule has 2 heterocycles. The van der Waals surface area contributed by atoms with Crippen LogP contribution < -0.4 is 31.9 Å². The molecule has 2 aromatic carbocycles. The van der Waals surface area contributed by atoms with E-state index in [0.717, 1.165) is 22.0 Å². The predicted octanol–water partition coefficient (Wildman–Crippen LogP) is 3.79. The van der Waals surface area contributed by atoms with Gasteiger partial charge in [-0.3, -0.25) is 24.0 Å². The average molecular weight is 859 g/mol. The molecule has 1 fully saturated rings. The van der Waals surface area contributed by atoms with Crippen LogP contribution in [0.25, 0.3) is 10.9 Å². The van der Waals surface area contributed by atoms with E-state index in [1.807, 2.05) is 75.4 Å². The number of rotatable bonds is 13. The maximum absolute atomic E-state index is 14.7. The van der Waals surface area contributed by atoms with Crippen LogP contribution in [0.4, 0.5) is 4.79 Å². The van der Waals surface area contributed by atoms with Gasteiger partial charge in [-0.15, -0.1) is 0 Å². The van der Waals surface area contributed by atoms with Crippen molar-refractivity contribution in [1.29, 1.82) is 0 Å². The summed E-state index contributed by atoms with van der Waals surface area (Å²) in [4.78, 5) is 102. The molecule has 1 aliphatic heterocycles. The van der Waals surface area contributed by atoms with Gasteiger partial charge in [0.15, 0.2) is 0 Å². The van der Waals surface area contributed by atoms with Crippen molar-refractivity contribution in [3.63, 3.8) is 0 Å². The lowest BCUT2D eigenvalue weighted by atomic mass is 9.95. The van der Waals surface area contributed by atoms with E-state index in [9.17, 15) is 38.7 Å². The summed E-state index contributed by atoms with van der Waals surface area (Å²) in [5.74, 6) is -4.91. The third kappa shape index (κ3) is 13.5. The molecule has 16 nitrogen and oxygen atoms in total. The molecule has 7 amide bonds. The van der Waals surface area contributed by atoms with Crippen molar-refractivity contribution in [1.82, 2.24) is 41.8 Å². The number of para-hydroxylation sites is 1. The number of aliphatic carboxylic acids is 1. The van der Waals surface area contributed by atoms with E-state index in [-0.39, 0.29) is 38.1 Å². The Morgan fingerprint density at radius 1 is 0.806 bits per heavy atom. The Balaban J connectivity index is 1.75. The molecule has 62 heavy (non-hydrogen) atoms. The van der Waals surface area contributed by atoms with Crippen molar-refractivity contribution in [3.8, 4) is 0 Å². The number of carboxylic acids is 1. The second-order valence-electron chi connectivity index (χ2n) is 17.0. The van der Waals surface area contributed by atoms with Crippen LogP contribution >= 0.6 is 0 Å². The highest BCUT2D eigenvalue weighted by Crippen LogP contribution is 2.22. The molecule has 16 heteroatoms. The number of carboxylic acid groups (broad SMARTS) is 1. The molecule has 1 aliphatic rings. The molecule has 0 aliphatic carbocycles. The van der Waals surface area contributed by atoms with Gasteiger partial charge in [-0.1, -0.05) is 103 Å². The molecule has 8 N–H and O–H groups in total. The van der Waals surface area contributed by atoms with Crippen LogP contribution in [-0.4, -0.2) is 106 Å². The van der Waals surface area contributed by atoms with Crippen LogP contribution in [0.15, 0.2) is 60.8 Å². The summed E-state index contributed by atoms with van der Waals surface area (Å²) in [7, 11) is 1.51. The fraction of sp³-hybridized carbons (Fsp3) is 0.543. The Morgan fingerprint density at radius 2 is 1.48 bits per heavy atom.